The molecule has 5 nitrogen and oxygen atoms in total. The van der Waals surface area contributed by atoms with E-state index in [1.807, 2.05) is 0 Å². The van der Waals surface area contributed by atoms with E-state index in [9.17, 15) is 0 Å². The van der Waals surface area contributed by atoms with Crippen LogP contribution in [-0.2, 0) is 14.2 Å². The van der Waals surface area contributed by atoms with Crippen LogP contribution in [0.5, 0.6) is 0 Å². The van der Waals surface area contributed by atoms with Crippen LogP contribution < -0.4 is 0 Å². The van der Waals surface area contributed by atoms with Gasteiger partial charge in [-0.25, -0.2) is 0 Å². The molecule has 0 saturated carbocycles. The summed E-state index contributed by atoms with van der Waals surface area (Å²) in [6.07, 6.45) is 0. The molecule has 0 saturated heterocycles. The molecule has 2 N–H and O–H groups in total. The number of aliphatic hydroxyl groups is 2. The van der Waals surface area contributed by atoms with Crippen LogP contribution in [0.25, 0.3) is 0 Å². The van der Waals surface area contributed by atoms with Gasteiger partial charge in [-0.3, -0.25) is 0 Å². The van der Waals surface area contributed by atoms with Gasteiger partial charge in [0.1, 0.15) is 0 Å². The van der Waals surface area contributed by atoms with Crippen molar-refractivity contribution in [1.29, 1.82) is 0 Å². The second-order valence-electron chi connectivity index (χ2n) is 1.74. The normalized spacial score (nSPS) is 24.2. The van der Waals surface area contributed by atoms with E-state index < -0.39 is 26.2 Å². The third-order valence-corrected chi connectivity index (χ3v) is 0.895. The topological polar surface area (TPSA) is 68.2 Å². The van der Waals surface area contributed by atoms with Crippen LogP contribution in [0.4, 0.5) is 0 Å². The second-order valence-corrected chi connectivity index (χ2v) is 1.74. The molecule has 0 heterocycles. The van der Waals surface area contributed by atoms with Crippen LogP contribution >= 0.6 is 0 Å². The molecule has 0 aromatic heterocycles. The van der Waals surface area contributed by atoms with Gasteiger partial charge in [-0.15, -0.1) is 0 Å². The zero-order chi connectivity index (χ0) is 16.9. The van der Waals surface area contributed by atoms with Gasteiger partial charge in [0.15, 0.2) is 0 Å². The predicted octanol–water partition coefficient (Wildman–Crippen LogP) is -0.979. The van der Waals surface area contributed by atoms with Gasteiger partial charge in [0.05, 0.1) is 63.6 Å². The van der Waals surface area contributed by atoms with Gasteiger partial charge in [-0.2, -0.15) is 0 Å². The molecule has 0 atom stereocenters. The highest BCUT2D eigenvalue weighted by Crippen LogP contribution is 1.80. The molecular weight excluding hydrogens is 176 g/mol. The Balaban J connectivity index is 3.81. The summed E-state index contributed by atoms with van der Waals surface area (Å²) in [7, 11) is 0. The number of rotatable bonds is 10. The van der Waals surface area contributed by atoms with Crippen molar-refractivity contribution in [2.45, 2.75) is 0 Å². The fourth-order valence-corrected chi connectivity index (χ4v) is 0.470. The number of ether oxygens (including phenoxy) is 3. The maximum atomic E-state index is 8.82. The molecule has 0 aliphatic heterocycles. The maximum Gasteiger partial charge on any atom is 0.0701 e. The minimum Gasteiger partial charge on any atom is -0.394 e. The fourth-order valence-electron chi connectivity index (χ4n) is 0.470. The first-order valence-corrected chi connectivity index (χ1v) is 3.51. The third kappa shape index (κ3) is 11.8. The van der Waals surface area contributed by atoms with E-state index in [-0.39, 0.29) is 26.4 Å². The van der Waals surface area contributed by atoms with Crippen molar-refractivity contribution >= 4 is 0 Å². The van der Waals surface area contributed by atoms with Gasteiger partial charge in [-0.05, 0) is 0 Å². The van der Waals surface area contributed by atoms with Crippen molar-refractivity contribution < 1.29 is 35.4 Å². The average molecular weight is 202 g/mol. The molecule has 0 amide bonds. The van der Waals surface area contributed by atoms with Crippen LogP contribution in [0.2, 0.25) is 0 Å². The van der Waals surface area contributed by atoms with Crippen LogP contribution in [0.3, 0.4) is 0 Å². The van der Waals surface area contributed by atoms with Crippen LogP contribution in [0, 0.1) is 0 Å². The molecule has 0 aromatic rings. The lowest BCUT2D eigenvalue weighted by molar-refractivity contribution is 0.00230. The lowest BCUT2D eigenvalue weighted by Gasteiger charge is -2.04. The van der Waals surface area contributed by atoms with Gasteiger partial charge in [0.2, 0.25) is 0 Å². The second kappa shape index (κ2) is 11.8. The summed E-state index contributed by atoms with van der Waals surface area (Å²) in [5.41, 5.74) is 0. The van der Waals surface area contributed by atoms with Crippen LogP contribution in [0.1, 0.15) is 11.0 Å². The summed E-state index contributed by atoms with van der Waals surface area (Å²) in [6.45, 7) is -13.3. The molecule has 0 spiro atoms. The summed E-state index contributed by atoms with van der Waals surface area (Å²) in [5, 5.41) is 17.6. The van der Waals surface area contributed by atoms with E-state index in [0.29, 0.717) is 0 Å². The van der Waals surface area contributed by atoms with Gasteiger partial charge >= 0.3 is 0 Å². The zero-order valence-electron chi connectivity index (χ0n) is 14.9. The van der Waals surface area contributed by atoms with E-state index in [4.69, 9.17) is 25.9 Å². The summed E-state index contributed by atoms with van der Waals surface area (Å²) < 4.78 is 69.1. The summed E-state index contributed by atoms with van der Waals surface area (Å²) in [4.78, 5) is 0. The zero-order valence-corrected chi connectivity index (χ0v) is 6.95. The Labute approximate surface area is 89.5 Å². The number of hydrogen-bond donors (Lipinski definition) is 2. The monoisotopic (exact) mass is 202 g/mol. The Hall–Kier alpha value is -0.200. The van der Waals surface area contributed by atoms with E-state index >= 15 is 0 Å². The molecule has 0 fully saturated rings. The molecular formula is C8H18O5. The van der Waals surface area contributed by atoms with Gasteiger partial charge in [-0.1, -0.05) is 0 Å². The molecule has 5 heteroatoms. The van der Waals surface area contributed by atoms with Crippen LogP contribution in [-0.4, -0.2) is 62.9 Å². The molecule has 0 bridgehead atoms. The predicted molar refractivity (Wildman–Crippen MR) is 46.6 cm³/mol. The molecule has 0 radical (unpaired) electrons. The Kier molecular flexibility index (Phi) is 4.13. The minimum atomic E-state index is -3.17. The largest absolute Gasteiger partial charge is 0.394 e. The Morgan fingerprint density at radius 3 is 1.54 bits per heavy atom. The highest BCUT2D eigenvalue weighted by molar-refractivity contribution is 4.33. The van der Waals surface area contributed by atoms with Gasteiger partial charge < -0.3 is 24.4 Å². The SMILES string of the molecule is [2H]C([2H])(O)C([2H])([2H])OCCOCCOC([2H])([2H])C([2H])([2H])O. The van der Waals surface area contributed by atoms with Crippen LogP contribution in [0.15, 0.2) is 0 Å². The smallest absolute Gasteiger partial charge is 0.0701 e. The average Bonchev–Trinajstić information content (AvgIpc) is 2.24. The molecule has 13 heavy (non-hydrogen) atoms. The minimum absolute atomic E-state index is 0.187. The van der Waals surface area contributed by atoms with E-state index in [0.717, 1.165) is 0 Å². The maximum absolute atomic E-state index is 8.82. The van der Waals surface area contributed by atoms with Crippen molar-refractivity contribution in [3.63, 3.8) is 0 Å². The summed E-state index contributed by atoms with van der Waals surface area (Å²) in [6, 6.07) is 0. The fraction of sp³-hybridized carbons (Fsp3) is 1.00. The standard InChI is InChI=1S/C8H18O5/c9-1-3-11-5-7-13-8-6-12-4-2-10/h9-10H,1-8H2/i1D2,2D2,3D2,4D2. The lowest BCUT2D eigenvalue weighted by Crippen LogP contribution is -2.11. The number of hydrogen-bond acceptors (Lipinski definition) is 5. The first-order valence-electron chi connectivity index (χ1n) is 7.51. The highest BCUT2D eigenvalue weighted by Gasteiger charge is 1.89. The van der Waals surface area contributed by atoms with Gasteiger partial charge in [0, 0.05) is 0 Å². The molecule has 0 aromatic carbocycles. The molecule has 80 valence electrons. The van der Waals surface area contributed by atoms with Crippen molar-refractivity contribution in [2.24, 2.45) is 0 Å². The third-order valence-electron chi connectivity index (χ3n) is 0.895. The molecule has 0 aliphatic carbocycles. The first-order chi connectivity index (χ1) is 9.21. The van der Waals surface area contributed by atoms with Gasteiger partial charge in [0.25, 0.3) is 0 Å². The van der Waals surface area contributed by atoms with Crippen molar-refractivity contribution in [1.82, 2.24) is 0 Å². The summed E-state index contributed by atoms with van der Waals surface area (Å²) in [5.74, 6) is 0. The first kappa shape index (κ1) is 4.55. The van der Waals surface area contributed by atoms with Crippen molar-refractivity contribution in [3.8, 4) is 0 Å². The lowest BCUT2D eigenvalue weighted by atomic mass is 10.7. The molecule has 0 aliphatic rings. The van der Waals surface area contributed by atoms with E-state index in [1.54, 1.807) is 0 Å². The Bertz CT molecular complexity index is 283. The quantitative estimate of drug-likeness (QED) is 0.446. The van der Waals surface area contributed by atoms with Crippen molar-refractivity contribution in [2.75, 3.05) is 52.7 Å². The molecule has 0 rings (SSSR count). The molecule has 0 unspecified atom stereocenters. The van der Waals surface area contributed by atoms with E-state index in [1.165, 1.54) is 0 Å². The summed E-state index contributed by atoms with van der Waals surface area (Å²) >= 11 is 0. The Morgan fingerprint density at radius 2 is 1.15 bits per heavy atom. The Morgan fingerprint density at radius 1 is 0.769 bits per heavy atom. The highest BCUT2D eigenvalue weighted by atomic mass is 16.5. The van der Waals surface area contributed by atoms with Crippen molar-refractivity contribution in [3.05, 3.63) is 0 Å². The van der Waals surface area contributed by atoms with E-state index in [2.05, 4.69) is 9.47 Å².